The lowest BCUT2D eigenvalue weighted by Gasteiger charge is -2.07. The zero-order valence-electron chi connectivity index (χ0n) is 11.1. The molecule has 4 N–H and O–H groups in total. The van der Waals surface area contributed by atoms with Crippen LogP contribution in [0.4, 0.5) is 18.9 Å². The van der Waals surface area contributed by atoms with Gasteiger partial charge in [0.15, 0.2) is 5.82 Å². The van der Waals surface area contributed by atoms with Gasteiger partial charge in [-0.25, -0.2) is 4.98 Å². The highest BCUT2D eigenvalue weighted by molar-refractivity contribution is 8.00. The summed E-state index contributed by atoms with van der Waals surface area (Å²) in [6.45, 7) is 0.234. The predicted octanol–water partition coefficient (Wildman–Crippen LogP) is 2.12. The first-order valence-corrected chi connectivity index (χ1v) is 7.08. The minimum absolute atomic E-state index is 0.234. The summed E-state index contributed by atoms with van der Waals surface area (Å²) in [5.74, 6) is -0.424. The largest absolute Gasteiger partial charge is 0.442 e. The molecule has 1 heterocycles. The van der Waals surface area contributed by atoms with E-state index >= 15 is 0 Å². The zero-order valence-corrected chi connectivity index (χ0v) is 12.0. The van der Waals surface area contributed by atoms with Crippen molar-refractivity contribution in [2.24, 2.45) is 5.73 Å². The Labute approximate surface area is 127 Å². The molecule has 0 aliphatic carbocycles. The van der Waals surface area contributed by atoms with Crippen molar-refractivity contribution in [1.29, 1.82) is 0 Å². The number of aromatic nitrogens is 3. The quantitative estimate of drug-likeness (QED) is 0.780. The van der Waals surface area contributed by atoms with Crippen molar-refractivity contribution >= 4 is 23.4 Å². The fourth-order valence-corrected chi connectivity index (χ4v) is 1.93. The number of thioether (sulfide) groups is 1. The van der Waals surface area contributed by atoms with Crippen molar-refractivity contribution in [2.75, 3.05) is 11.1 Å². The fraction of sp³-hybridized carbons (Fsp3) is 0.250. The van der Waals surface area contributed by atoms with E-state index in [-0.39, 0.29) is 18.3 Å². The van der Waals surface area contributed by atoms with Crippen molar-refractivity contribution in [3.8, 4) is 11.4 Å². The van der Waals surface area contributed by atoms with Crippen molar-refractivity contribution in [3.63, 3.8) is 0 Å². The van der Waals surface area contributed by atoms with Gasteiger partial charge < -0.3 is 11.1 Å². The van der Waals surface area contributed by atoms with Crippen LogP contribution in [0.3, 0.4) is 0 Å². The Morgan fingerprint density at radius 3 is 2.55 bits per heavy atom. The van der Waals surface area contributed by atoms with Crippen LogP contribution in [-0.2, 0) is 11.3 Å². The third-order valence-corrected chi connectivity index (χ3v) is 3.25. The summed E-state index contributed by atoms with van der Waals surface area (Å²) in [6.07, 6.45) is 0. The van der Waals surface area contributed by atoms with Gasteiger partial charge in [-0.2, -0.15) is 18.3 Å². The molecule has 6 nitrogen and oxygen atoms in total. The maximum atomic E-state index is 12.0. The first-order chi connectivity index (χ1) is 10.4. The predicted molar refractivity (Wildman–Crippen MR) is 76.9 cm³/mol. The second kappa shape index (κ2) is 6.79. The smallest absolute Gasteiger partial charge is 0.325 e. The van der Waals surface area contributed by atoms with Gasteiger partial charge in [-0.15, -0.1) is 0 Å². The lowest BCUT2D eigenvalue weighted by atomic mass is 10.2. The van der Waals surface area contributed by atoms with Crippen LogP contribution in [0.15, 0.2) is 24.3 Å². The van der Waals surface area contributed by atoms with E-state index in [1.807, 2.05) is 0 Å². The Morgan fingerprint density at radius 1 is 1.32 bits per heavy atom. The number of nitrogens with zero attached hydrogens (tertiary/aromatic N) is 2. The number of carbonyl (C=O) groups is 1. The van der Waals surface area contributed by atoms with Gasteiger partial charge in [-0.1, -0.05) is 0 Å². The third-order valence-electron chi connectivity index (χ3n) is 2.52. The molecule has 0 unspecified atom stereocenters. The van der Waals surface area contributed by atoms with Gasteiger partial charge in [0.1, 0.15) is 5.82 Å². The van der Waals surface area contributed by atoms with Crippen molar-refractivity contribution < 1.29 is 18.0 Å². The number of rotatable bonds is 5. The first kappa shape index (κ1) is 16.3. The van der Waals surface area contributed by atoms with Gasteiger partial charge >= 0.3 is 5.51 Å². The Bertz CT molecular complexity index is 641. The van der Waals surface area contributed by atoms with E-state index in [0.717, 1.165) is 0 Å². The Hall–Kier alpha value is -2.07. The normalized spacial score (nSPS) is 11.5. The third kappa shape index (κ3) is 4.74. The van der Waals surface area contributed by atoms with Crippen LogP contribution in [0, 0.1) is 0 Å². The highest BCUT2D eigenvalue weighted by Crippen LogP contribution is 2.30. The van der Waals surface area contributed by atoms with Crippen LogP contribution >= 0.6 is 11.8 Å². The summed E-state index contributed by atoms with van der Waals surface area (Å²) in [5.41, 5.74) is 2.08. The molecule has 0 radical (unpaired) electrons. The van der Waals surface area contributed by atoms with E-state index in [2.05, 4.69) is 20.5 Å². The molecule has 1 aromatic carbocycles. The lowest BCUT2D eigenvalue weighted by molar-refractivity contribution is -0.114. The van der Waals surface area contributed by atoms with Crippen molar-refractivity contribution in [1.82, 2.24) is 15.2 Å². The molecule has 0 fully saturated rings. The molecule has 0 spiro atoms. The number of nitrogens with one attached hydrogen (secondary N) is 2. The minimum Gasteiger partial charge on any atom is -0.325 e. The summed E-state index contributed by atoms with van der Waals surface area (Å²) in [6, 6.07) is 6.42. The van der Waals surface area contributed by atoms with Crippen LogP contribution in [-0.4, -0.2) is 32.3 Å². The second-order valence-corrected chi connectivity index (χ2v) is 5.21. The van der Waals surface area contributed by atoms with Crippen LogP contribution in [0.5, 0.6) is 0 Å². The van der Waals surface area contributed by atoms with E-state index in [0.29, 0.717) is 22.9 Å². The number of halogens is 3. The maximum Gasteiger partial charge on any atom is 0.442 e. The van der Waals surface area contributed by atoms with E-state index in [9.17, 15) is 18.0 Å². The summed E-state index contributed by atoms with van der Waals surface area (Å²) >= 11 is -0.382. The molecule has 118 valence electrons. The molecule has 0 atom stereocenters. The van der Waals surface area contributed by atoms with Crippen molar-refractivity contribution in [3.05, 3.63) is 30.1 Å². The minimum atomic E-state index is -4.42. The maximum absolute atomic E-state index is 12.0. The number of alkyl halides is 3. The van der Waals surface area contributed by atoms with E-state index in [4.69, 9.17) is 5.73 Å². The fourth-order valence-electron chi connectivity index (χ4n) is 1.56. The second-order valence-electron chi connectivity index (χ2n) is 4.17. The van der Waals surface area contributed by atoms with Gasteiger partial charge in [-0.05, 0) is 36.0 Å². The molecular formula is C12H12F3N5OS. The Balaban J connectivity index is 1.95. The average Bonchev–Trinajstić information content (AvgIpc) is 2.94. The number of benzene rings is 1. The van der Waals surface area contributed by atoms with Crippen molar-refractivity contribution in [2.45, 2.75) is 12.1 Å². The Kier molecular flexibility index (Phi) is 5.03. The van der Waals surface area contributed by atoms with Gasteiger partial charge in [0, 0.05) is 11.3 Å². The van der Waals surface area contributed by atoms with E-state index in [1.165, 1.54) is 0 Å². The zero-order chi connectivity index (χ0) is 16.2. The van der Waals surface area contributed by atoms with E-state index in [1.54, 1.807) is 24.3 Å². The molecule has 0 aliphatic heterocycles. The number of hydrogen-bond acceptors (Lipinski definition) is 5. The van der Waals surface area contributed by atoms with Gasteiger partial charge in [0.2, 0.25) is 5.91 Å². The van der Waals surface area contributed by atoms with Gasteiger partial charge in [0.05, 0.1) is 12.3 Å². The van der Waals surface area contributed by atoms with Crippen LogP contribution < -0.4 is 11.1 Å². The highest BCUT2D eigenvalue weighted by Gasteiger charge is 2.29. The lowest BCUT2D eigenvalue weighted by Crippen LogP contribution is -2.17. The molecule has 0 saturated carbocycles. The molecule has 0 aliphatic rings. The monoisotopic (exact) mass is 331 g/mol. The van der Waals surface area contributed by atoms with Gasteiger partial charge in [-0.3, -0.25) is 9.89 Å². The van der Waals surface area contributed by atoms with Crippen LogP contribution in [0.2, 0.25) is 0 Å². The number of aromatic amines is 1. The summed E-state index contributed by atoms with van der Waals surface area (Å²) < 4.78 is 36.0. The van der Waals surface area contributed by atoms with Crippen LogP contribution in [0.25, 0.3) is 11.4 Å². The molecular weight excluding hydrogens is 319 g/mol. The molecule has 1 aromatic heterocycles. The molecule has 22 heavy (non-hydrogen) atoms. The average molecular weight is 331 g/mol. The number of nitrogens with two attached hydrogens (primary N) is 1. The summed E-state index contributed by atoms with van der Waals surface area (Å²) in [5, 5.41) is 9.02. The number of amides is 1. The molecule has 10 heteroatoms. The van der Waals surface area contributed by atoms with Gasteiger partial charge in [0.25, 0.3) is 0 Å². The number of H-pyrrole nitrogens is 1. The summed E-state index contributed by atoms with van der Waals surface area (Å²) in [7, 11) is 0. The van der Waals surface area contributed by atoms with Crippen LogP contribution in [0.1, 0.15) is 5.82 Å². The molecule has 0 bridgehead atoms. The SMILES string of the molecule is NCc1nc(-c2ccc(NC(=O)CSC(F)(F)F)cc2)n[nH]1. The molecule has 1 amide bonds. The topological polar surface area (TPSA) is 96.7 Å². The first-order valence-electron chi connectivity index (χ1n) is 6.10. The van der Waals surface area contributed by atoms with E-state index < -0.39 is 17.2 Å². The molecule has 2 aromatic rings. The Morgan fingerprint density at radius 2 is 2.00 bits per heavy atom. The molecule has 2 rings (SSSR count). The number of carbonyl (C=O) groups excluding carboxylic acids is 1. The summed E-state index contributed by atoms with van der Waals surface area (Å²) in [4.78, 5) is 15.5. The number of anilines is 1. The molecule has 0 saturated heterocycles. The number of hydrogen-bond donors (Lipinski definition) is 3. The standard InChI is InChI=1S/C12H12F3N5OS/c13-12(14,15)22-6-10(21)17-8-3-1-7(2-4-8)11-18-9(5-16)19-20-11/h1-4H,5-6,16H2,(H,17,21)(H,18,19,20). The highest BCUT2D eigenvalue weighted by atomic mass is 32.2.